The van der Waals surface area contributed by atoms with Crippen molar-refractivity contribution in [1.82, 2.24) is 20.3 Å². The molecule has 0 saturated heterocycles. The Bertz CT molecular complexity index is 865. The van der Waals surface area contributed by atoms with Gasteiger partial charge in [-0.05, 0) is 12.8 Å². The van der Waals surface area contributed by atoms with Gasteiger partial charge in [0.2, 0.25) is 0 Å². The summed E-state index contributed by atoms with van der Waals surface area (Å²) in [6.07, 6.45) is 5.11. The van der Waals surface area contributed by atoms with E-state index < -0.39 is 0 Å². The molecule has 128 valence electrons. The minimum atomic E-state index is -0.231. The lowest BCUT2D eigenvalue weighted by Crippen LogP contribution is -2.45. The number of carbonyl (C=O) groups is 1. The van der Waals surface area contributed by atoms with Crippen molar-refractivity contribution in [3.8, 4) is 11.3 Å². The summed E-state index contributed by atoms with van der Waals surface area (Å²) >= 11 is 0. The first-order valence-electron chi connectivity index (χ1n) is 8.20. The Labute approximate surface area is 144 Å². The molecule has 0 radical (unpaired) electrons. The molecule has 1 aromatic carbocycles. The van der Waals surface area contributed by atoms with Gasteiger partial charge in [-0.1, -0.05) is 35.5 Å². The Morgan fingerprint density at radius 2 is 2.12 bits per heavy atom. The Morgan fingerprint density at radius 3 is 2.84 bits per heavy atom. The van der Waals surface area contributed by atoms with E-state index in [9.17, 15) is 4.79 Å². The van der Waals surface area contributed by atoms with E-state index in [1.807, 2.05) is 41.2 Å². The summed E-state index contributed by atoms with van der Waals surface area (Å²) < 4.78 is 7.11. The van der Waals surface area contributed by atoms with Crippen LogP contribution in [0.5, 0.6) is 0 Å². The third-order valence-electron chi connectivity index (χ3n) is 4.46. The maximum Gasteiger partial charge on any atom is 0.273 e. The summed E-state index contributed by atoms with van der Waals surface area (Å²) in [6.45, 7) is -0.0111. The van der Waals surface area contributed by atoms with E-state index in [0.29, 0.717) is 5.76 Å². The summed E-state index contributed by atoms with van der Waals surface area (Å²) in [4.78, 5) is 12.3. The highest BCUT2D eigenvalue weighted by Gasteiger charge is 2.32. The van der Waals surface area contributed by atoms with Gasteiger partial charge in [0.1, 0.15) is 0 Å². The predicted molar refractivity (Wildman–Crippen MR) is 89.6 cm³/mol. The van der Waals surface area contributed by atoms with E-state index in [0.717, 1.165) is 24.0 Å². The molecular weight excluding hydrogens is 320 g/mol. The number of nitrogens with zero attached hydrogens (tertiary/aromatic N) is 3. The number of carbonyl (C=O) groups excluding carboxylic acids is 1. The maximum absolute atomic E-state index is 12.3. The van der Waals surface area contributed by atoms with Gasteiger partial charge in [-0.15, -0.1) is 0 Å². The van der Waals surface area contributed by atoms with Crippen molar-refractivity contribution in [2.24, 2.45) is 0 Å². The fraction of sp³-hybridized carbons (Fsp3) is 0.278. The molecule has 4 rings (SSSR count). The molecule has 1 saturated carbocycles. The predicted octanol–water partition coefficient (Wildman–Crippen LogP) is 2.16. The van der Waals surface area contributed by atoms with Crippen LogP contribution >= 0.6 is 0 Å². The standard InChI is InChI=1S/C18H18N4O3/c23-11-12-9-19-22(10-12)15-6-14(7-15)20-18(24)16-8-17(25-21-16)13-4-2-1-3-5-13/h1-5,8-10,14-15,23H,6-7,11H2,(H,20,24). The molecule has 2 heterocycles. The molecule has 2 aromatic heterocycles. The average molecular weight is 338 g/mol. The third kappa shape index (κ3) is 3.18. The van der Waals surface area contributed by atoms with Gasteiger partial charge in [0.15, 0.2) is 11.5 Å². The lowest BCUT2D eigenvalue weighted by atomic mass is 9.87. The topological polar surface area (TPSA) is 93.2 Å². The number of hydrogen-bond acceptors (Lipinski definition) is 5. The summed E-state index contributed by atoms with van der Waals surface area (Å²) in [5.41, 5.74) is 1.96. The number of aliphatic hydroxyl groups is 1. The van der Waals surface area contributed by atoms with Crippen LogP contribution in [0.2, 0.25) is 0 Å². The van der Waals surface area contributed by atoms with Gasteiger partial charge >= 0.3 is 0 Å². The zero-order valence-electron chi connectivity index (χ0n) is 13.5. The Balaban J connectivity index is 1.34. The normalized spacial score (nSPS) is 19.4. The number of amides is 1. The van der Waals surface area contributed by atoms with Gasteiger partial charge in [-0.2, -0.15) is 5.10 Å². The SMILES string of the molecule is O=C(NC1CC(n2cc(CO)cn2)C1)c1cc(-c2ccccc2)on1. The second-order valence-corrected chi connectivity index (χ2v) is 6.22. The molecule has 1 fully saturated rings. The van der Waals surface area contributed by atoms with Crippen molar-refractivity contribution in [3.63, 3.8) is 0 Å². The van der Waals surface area contributed by atoms with Crippen molar-refractivity contribution in [2.45, 2.75) is 31.5 Å². The zero-order chi connectivity index (χ0) is 17.2. The summed E-state index contributed by atoms with van der Waals surface area (Å²) in [6, 6.07) is 11.5. The molecule has 0 unspecified atom stereocenters. The summed E-state index contributed by atoms with van der Waals surface area (Å²) in [5, 5.41) is 20.1. The largest absolute Gasteiger partial charge is 0.392 e. The van der Waals surface area contributed by atoms with Crippen molar-refractivity contribution in [3.05, 3.63) is 60.0 Å². The molecule has 3 aromatic rings. The number of benzene rings is 1. The van der Waals surface area contributed by atoms with Crippen LogP contribution in [-0.2, 0) is 6.61 Å². The highest BCUT2D eigenvalue weighted by atomic mass is 16.5. The summed E-state index contributed by atoms with van der Waals surface area (Å²) in [7, 11) is 0. The Kier molecular flexibility index (Phi) is 4.07. The highest BCUT2D eigenvalue weighted by molar-refractivity contribution is 5.93. The fourth-order valence-electron chi connectivity index (χ4n) is 2.96. The average Bonchev–Trinajstić information content (AvgIpc) is 3.27. The quantitative estimate of drug-likeness (QED) is 0.744. The minimum absolute atomic E-state index is 0.0111. The van der Waals surface area contributed by atoms with Crippen LogP contribution < -0.4 is 5.32 Å². The second kappa shape index (κ2) is 6.52. The van der Waals surface area contributed by atoms with Crippen molar-refractivity contribution < 1.29 is 14.4 Å². The van der Waals surface area contributed by atoms with E-state index in [4.69, 9.17) is 9.63 Å². The molecule has 7 heteroatoms. The molecular formula is C18H18N4O3. The van der Waals surface area contributed by atoms with E-state index in [-0.39, 0.29) is 30.3 Å². The molecule has 0 aliphatic heterocycles. The van der Waals surface area contributed by atoms with E-state index in [1.54, 1.807) is 12.3 Å². The lowest BCUT2D eigenvalue weighted by Gasteiger charge is -2.35. The molecule has 0 atom stereocenters. The van der Waals surface area contributed by atoms with Gasteiger partial charge in [0.25, 0.3) is 5.91 Å². The maximum atomic E-state index is 12.3. The van der Waals surface area contributed by atoms with Gasteiger partial charge in [0.05, 0.1) is 18.8 Å². The number of hydrogen-bond donors (Lipinski definition) is 2. The van der Waals surface area contributed by atoms with Crippen LogP contribution in [0.25, 0.3) is 11.3 Å². The van der Waals surface area contributed by atoms with E-state index in [1.165, 1.54) is 0 Å². The first kappa shape index (κ1) is 15.6. The van der Waals surface area contributed by atoms with Gasteiger partial charge < -0.3 is 14.9 Å². The van der Waals surface area contributed by atoms with Crippen molar-refractivity contribution in [2.75, 3.05) is 0 Å². The van der Waals surface area contributed by atoms with E-state index in [2.05, 4.69) is 15.6 Å². The van der Waals surface area contributed by atoms with Crippen LogP contribution in [0.4, 0.5) is 0 Å². The number of rotatable bonds is 5. The first-order chi connectivity index (χ1) is 12.2. The highest BCUT2D eigenvalue weighted by Crippen LogP contribution is 2.32. The monoisotopic (exact) mass is 338 g/mol. The summed E-state index contributed by atoms with van der Waals surface area (Å²) in [5.74, 6) is 0.344. The number of nitrogens with one attached hydrogen (secondary N) is 1. The van der Waals surface area contributed by atoms with Crippen LogP contribution in [0.15, 0.2) is 53.3 Å². The Morgan fingerprint density at radius 1 is 1.32 bits per heavy atom. The molecule has 1 amide bonds. The molecule has 0 spiro atoms. The van der Waals surface area contributed by atoms with Crippen LogP contribution in [0, 0.1) is 0 Å². The molecule has 25 heavy (non-hydrogen) atoms. The van der Waals surface area contributed by atoms with E-state index >= 15 is 0 Å². The Hall–Kier alpha value is -2.93. The zero-order valence-corrected chi connectivity index (χ0v) is 13.5. The minimum Gasteiger partial charge on any atom is -0.392 e. The smallest absolute Gasteiger partial charge is 0.273 e. The van der Waals surface area contributed by atoms with Gasteiger partial charge in [-0.25, -0.2) is 0 Å². The molecule has 7 nitrogen and oxygen atoms in total. The van der Waals surface area contributed by atoms with Gasteiger partial charge in [0, 0.05) is 29.4 Å². The van der Waals surface area contributed by atoms with Crippen molar-refractivity contribution >= 4 is 5.91 Å². The molecule has 1 aliphatic carbocycles. The molecule has 1 aliphatic rings. The first-order valence-corrected chi connectivity index (χ1v) is 8.20. The second-order valence-electron chi connectivity index (χ2n) is 6.22. The fourth-order valence-corrected chi connectivity index (χ4v) is 2.96. The van der Waals surface area contributed by atoms with Crippen LogP contribution in [0.3, 0.4) is 0 Å². The van der Waals surface area contributed by atoms with Gasteiger partial charge in [-0.3, -0.25) is 9.48 Å². The van der Waals surface area contributed by atoms with Crippen molar-refractivity contribution in [1.29, 1.82) is 0 Å². The van der Waals surface area contributed by atoms with Crippen LogP contribution in [0.1, 0.15) is 34.9 Å². The number of aliphatic hydroxyl groups excluding tert-OH is 1. The van der Waals surface area contributed by atoms with Crippen LogP contribution in [-0.4, -0.2) is 32.0 Å². The lowest BCUT2D eigenvalue weighted by molar-refractivity contribution is 0.0879. The molecule has 2 N–H and O–H groups in total. The third-order valence-corrected chi connectivity index (χ3v) is 4.46. The molecule has 0 bridgehead atoms. The number of aromatic nitrogens is 3.